The van der Waals surface area contributed by atoms with Crippen LogP contribution in [0.4, 0.5) is 10.7 Å². The molecule has 0 fully saturated rings. The summed E-state index contributed by atoms with van der Waals surface area (Å²) in [7, 11) is 2.63. The van der Waals surface area contributed by atoms with Crippen LogP contribution in [0.25, 0.3) is 0 Å². The van der Waals surface area contributed by atoms with Gasteiger partial charge in [-0.1, -0.05) is 0 Å². The Kier molecular flexibility index (Phi) is 6.71. The zero-order valence-electron chi connectivity index (χ0n) is 16.9. The fourth-order valence-electron chi connectivity index (χ4n) is 3.33. The van der Waals surface area contributed by atoms with Gasteiger partial charge in [-0.15, -0.1) is 11.3 Å². The smallest absolute Gasteiger partial charge is 0.345 e. The highest BCUT2D eigenvalue weighted by molar-refractivity contribution is 7.16. The van der Waals surface area contributed by atoms with Crippen LogP contribution in [0.15, 0.2) is 12.1 Å². The van der Waals surface area contributed by atoms with Gasteiger partial charge in [-0.25, -0.2) is 4.79 Å². The second kappa shape index (κ2) is 9.44. The molecule has 1 amide bonds. The molecule has 0 bridgehead atoms. The van der Waals surface area contributed by atoms with Gasteiger partial charge in [0, 0.05) is 10.9 Å². The van der Waals surface area contributed by atoms with Crippen molar-refractivity contribution in [1.29, 1.82) is 5.26 Å². The van der Waals surface area contributed by atoms with Crippen LogP contribution in [0.3, 0.4) is 0 Å². The highest BCUT2D eigenvalue weighted by Crippen LogP contribution is 2.38. The van der Waals surface area contributed by atoms with Crippen LogP contribution in [-0.2, 0) is 22.4 Å². The molecule has 1 aromatic carbocycles. The number of carbonyl (C=O) groups is 2. The Morgan fingerprint density at radius 1 is 1.23 bits per heavy atom. The van der Waals surface area contributed by atoms with E-state index in [1.807, 2.05) is 0 Å². The van der Waals surface area contributed by atoms with Gasteiger partial charge in [0.05, 0.1) is 30.8 Å². The Bertz CT molecular complexity index is 1090. The monoisotopic (exact) mass is 445 g/mol. The van der Waals surface area contributed by atoms with Gasteiger partial charge in [-0.3, -0.25) is 14.9 Å². The van der Waals surface area contributed by atoms with Crippen molar-refractivity contribution in [2.45, 2.75) is 25.7 Å². The molecule has 0 aliphatic heterocycles. The first-order valence-corrected chi connectivity index (χ1v) is 10.1. The van der Waals surface area contributed by atoms with Gasteiger partial charge in [0.1, 0.15) is 16.6 Å². The van der Waals surface area contributed by atoms with Crippen LogP contribution in [0.1, 0.15) is 39.2 Å². The van der Waals surface area contributed by atoms with Crippen molar-refractivity contribution in [3.63, 3.8) is 0 Å². The predicted octanol–water partition coefficient (Wildman–Crippen LogP) is 3.22. The average molecular weight is 445 g/mol. The summed E-state index contributed by atoms with van der Waals surface area (Å²) in [5.41, 5.74) is 0.488. The number of amides is 1. The van der Waals surface area contributed by atoms with E-state index in [4.69, 9.17) is 14.2 Å². The zero-order valence-corrected chi connectivity index (χ0v) is 17.7. The summed E-state index contributed by atoms with van der Waals surface area (Å²) in [4.78, 5) is 36.4. The summed E-state index contributed by atoms with van der Waals surface area (Å²) >= 11 is 1.35. The molecule has 1 aromatic heterocycles. The number of nitriles is 1. The van der Waals surface area contributed by atoms with Gasteiger partial charge in [0.25, 0.3) is 11.6 Å². The molecule has 162 valence electrons. The molecular formula is C20H19N3O7S. The predicted molar refractivity (Wildman–Crippen MR) is 111 cm³/mol. The van der Waals surface area contributed by atoms with E-state index in [0.29, 0.717) is 10.6 Å². The van der Waals surface area contributed by atoms with Gasteiger partial charge < -0.3 is 19.5 Å². The van der Waals surface area contributed by atoms with Crippen LogP contribution < -0.4 is 14.8 Å². The lowest BCUT2D eigenvalue weighted by Crippen LogP contribution is -2.21. The summed E-state index contributed by atoms with van der Waals surface area (Å²) < 4.78 is 15.1. The molecule has 0 spiro atoms. The van der Waals surface area contributed by atoms with E-state index in [0.717, 1.165) is 48.3 Å². The maximum absolute atomic E-state index is 12.4. The van der Waals surface area contributed by atoms with Crippen LogP contribution in [0.2, 0.25) is 0 Å². The van der Waals surface area contributed by atoms with Crippen molar-refractivity contribution in [3.05, 3.63) is 43.8 Å². The van der Waals surface area contributed by atoms with E-state index in [-0.39, 0.29) is 17.1 Å². The normalized spacial score (nSPS) is 12.3. The standard InChI is InChI=1S/C20H19N3O7S/c1-28-15-7-12(14(23(26)27)8-16(15)29-2)20(25)30-10-18(24)22-19-13(9-21)11-5-3-4-6-17(11)31-19/h7-8H,3-6,10H2,1-2H3,(H,22,24). The Morgan fingerprint density at radius 3 is 2.55 bits per heavy atom. The van der Waals surface area contributed by atoms with Gasteiger partial charge >= 0.3 is 5.97 Å². The Hall–Kier alpha value is -3.65. The fourth-order valence-corrected chi connectivity index (χ4v) is 4.58. The molecular weight excluding hydrogens is 426 g/mol. The third-order valence-electron chi connectivity index (χ3n) is 4.79. The molecule has 1 aliphatic rings. The number of nitro groups is 1. The summed E-state index contributed by atoms with van der Waals surface area (Å²) in [6.45, 7) is -0.669. The molecule has 2 aromatic rings. The second-order valence-corrected chi connectivity index (χ2v) is 7.74. The van der Waals surface area contributed by atoms with Gasteiger partial charge in [0.15, 0.2) is 18.1 Å². The number of rotatable bonds is 7. The lowest BCUT2D eigenvalue weighted by molar-refractivity contribution is -0.385. The maximum atomic E-state index is 12.4. The molecule has 0 atom stereocenters. The number of nitrogens with zero attached hydrogens (tertiary/aromatic N) is 2. The number of nitrogens with one attached hydrogen (secondary N) is 1. The molecule has 11 heteroatoms. The fraction of sp³-hybridized carbons (Fsp3) is 0.350. The first-order valence-electron chi connectivity index (χ1n) is 9.31. The number of ether oxygens (including phenoxy) is 3. The average Bonchev–Trinajstić information content (AvgIpc) is 3.12. The van der Waals surface area contributed by atoms with Gasteiger partial charge in [-0.05, 0) is 31.2 Å². The molecule has 10 nitrogen and oxygen atoms in total. The molecule has 0 radical (unpaired) electrons. The summed E-state index contributed by atoms with van der Waals surface area (Å²) in [5, 5.41) is 23.8. The third-order valence-corrected chi connectivity index (χ3v) is 6.00. The highest BCUT2D eigenvalue weighted by Gasteiger charge is 2.27. The Balaban J connectivity index is 1.73. The molecule has 1 N–H and O–H groups in total. The minimum Gasteiger partial charge on any atom is -0.493 e. The number of thiophene rings is 1. The van der Waals surface area contributed by atoms with Crippen LogP contribution in [-0.4, -0.2) is 37.6 Å². The van der Waals surface area contributed by atoms with E-state index < -0.39 is 29.1 Å². The number of fused-ring (bicyclic) bond motifs is 1. The number of aryl methyl sites for hydroxylation is 1. The quantitative estimate of drug-likeness (QED) is 0.389. The van der Waals surface area contributed by atoms with Crippen molar-refractivity contribution >= 4 is 33.9 Å². The van der Waals surface area contributed by atoms with Crippen molar-refractivity contribution in [2.24, 2.45) is 0 Å². The van der Waals surface area contributed by atoms with E-state index in [2.05, 4.69) is 11.4 Å². The molecule has 1 aliphatic carbocycles. The van der Waals surface area contributed by atoms with Crippen LogP contribution >= 0.6 is 11.3 Å². The van der Waals surface area contributed by atoms with Crippen molar-refractivity contribution < 1.29 is 28.7 Å². The molecule has 31 heavy (non-hydrogen) atoms. The third kappa shape index (κ3) is 4.59. The van der Waals surface area contributed by atoms with Crippen molar-refractivity contribution in [2.75, 3.05) is 26.1 Å². The second-order valence-electron chi connectivity index (χ2n) is 6.63. The molecule has 3 rings (SSSR count). The number of anilines is 1. The number of carbonyl (C=O) groups excluding carboxylic acids is 2. The summed E-state index contributed by atoms with van der Waals surface area (Å²) in [6.07, 6.45) is 3.69. The number of benzene rings is 1. The SMILES string of the molecule is COc1cc(C(=O)OCC(=O)Nc2sc3c(c2C#N)CCCC3)c([N+](=O)[O-])cc1OC. The van der Waals surface area contributed by atoms with Gasteiger partial charge in [-0.2, -0.15) is 5.26 Å². The summed E-state index contributed by atoms with van der Waals surface area (Å²) in [6, 6.07) is 4.30. The van der Waals surface area contributed by atoms with E-state index in [9.17, 15) is 25.0 Å². The van der Waals surface area contributed by atoms with E-state index in [1.54, 1.807) is 0 Å². The number of hydrogen-bond acceptors (Lipinski definition) is 9. The molecule has 1 heterocycles. The van der Waals surface area contributed by atoms with Crippen LogP contribution in [0, 0.1) is 21.4 Å². The number of esters is 1. The molecule has 0 saturated carbocycles. The minimum atomic E-state index is -1.06. The summed E-state index contributed by atoms with van der Waals surface area (Å²) in [5.74, 6) is -1.53. The number of nitro benzene ring substituents is 1. The van der Waals surface area contributed by atoms with Crippen molar-refractivity contribution in [1.82, 2.24) is 0 Å². The van der Waals surface area contributed by atoms with E-state index >= 15 is 0 Å². The highest BCUT2D eigenvalue weighted by atomic mass is 32.1. The molecule has 0 unspecified atom stereocenters. The first-order chi connectivity index (χ1) is 14.9. The minimum absolute atomic E-state index is 0.0780. The largest absolute Gasteiger partial charge is 0.493 e. The lowest BCUT2D eigenvalue weighted by atomic mass is 9.96. The Morgan fingerprint density at radius 2 is 1.90 bits per heavy atom. The van der Waals surface area contributed by atoms with Crippen molar-refractivity contribution in [3.8, 4) is 17.6 Å². The molecule has 0 saturated heterocycles. The topological polar surface area (TPSA) is 141 Å². The van der Waals surface area contributed by atoms with Gasteiger partial charge in [0.2, 0.25) is 0 Å². The van der Waals surface area contributed by atoms with E-state index in [1.165, 1.54) is 25.6 Å². The number of hydrogen-bond donors (Lipinski definition) is 1. The number of methoxy groups -OCH3 is 2. The Labute approximate surface area is 181 Å². The first kappa shape index (κ1) is 22.0. The zero-order chi connectivity index (χ0) is 22.5. The maximum Gasteiger partial charge on any atom is 0.345 e. The van der Waals surface area contributed by atoms with Crippen LogP contribution in [0.5, 0.6) is 11.5 Å². The lowest BCUT2D eigenvalue weighted by Gasteiger charge is -2.10.